The molecule has 0 aromatic carbocycles. The molecule has 1 saturated carbocycles. The Kier molecular flexibility index (Phi) is 12.1. The molecule has 3 atom stereocenters. The Morgan fingerprint density at radius 3 is 2.75 bits per heavy atom. The summed E-state index contributed by atoms with van der Waals surface area (Å²) in [6.07, 6.45) is 9.96. The van der Waals surface area contributed by atoms with E-state index >= 15 is 0 Å². The van der Waals surface area contributed by atoms with Crippen molar-refractivity contribution >= 4 is 43.2 Å². The number of hydrogen-bond donors (Lipinski definition) is 0. The Morgan fingerprint density at radius 1 is 1.39 bits per heavy atom. The largest absolute Gasteiger partial charge is 0.461 e. The lowest BCUT2D eigenvalue weighted by Crippen LogP contribution is -2.43. The lowest BCUT2D eigenvalue weighted by Gasteiger charge is -2.39. The van der Waals surface area contributed by atoms with E-state index in [0.29, 0.717) is 30.4 Å². The normalized spacial score (nSPS) is 19.7. The van der Waals surface area contributed by atoms with Gasteiger partial charge in [-0.15, -0.1) is 17.9 Å². The number of hydrogen-bond acceptors (Lipinski definition) is 7. The van der Waals surface area contributed by atoms with E-state index in [-0.39, 0.29) is 23.0 Å². The number of ether oxygens (including phenoxy) is 1. The second-order valence-electron chi connectivity index (χ2n) is 11.3. The predicted octanol–water partition coefficient (Wildman–Crippen LogP) is 8.09. The summed E-state index contributed by atoms with van der Waals surface area (Å²) in [5, 5.41) is 1.91. The molecule has 0 radical (unpaired) electrons. The monoisotopic (exact) mass is 551 g/mol. The van der Waals surface area contributed by atoms with Crippen LogP contribution in [0.2, 0.25) is 18.1 Å². The van der Waals surface area contributed by atoms with Gasteiger partial charge < -0.3 is 9.16 Å². The van der Waals surface area contributed by atoms with Gasteiger partial charge in [0.05, 0.1) is 6.61 Å². The van der Waals surface area contributed by atoms with Gasteiger partial charge >= 0.3 is 5.97 Å². The van der Waals surface area contributed by atoms with E-state index in [1.165, 1.54) is 16.9 Å². The van der Waals surface area contributed by atoms with Crippen LogP contribution in [0.25, 0.3) is 0 Å². The van der Waals surface area contributed by atoms with Crippen molar-refractivity contribution < 1.29 is 18.8 Å². The minimum atomic E-state index is -1.86. The molecule has 0 N–H and O–H groups in total. The first-order valence-corrected chi connectivity index (χ1v) is 17.9. The molecule has 1 fully saturated rings. The van der Waals surface area contributed by atoms with Crippen LogP contribution < -0.4 is 0 Å². The van der Waals surface area contributed by atoms with Crippen LogP contribution in [-0.4, -0.2) is 43.5 Å². The van der Waals surface area contributed by atoms with E-state index < -0.39 is 8.32 Å². The van der Waals surface area contributed by atoms with Crippen LogP contribution in [0, 0.1) is 11.8 Å². The zero-order valence-corrected chi connectivity index (χ0v) is 25.9. The zero-order chi connectivity index (χ0) is 26.9. The Bertz CT molecular complexity index is 919. The van der Waals surface area contributed by atoms with E-state index in [2.05, 4.69) is 64.5 Å². The fourth-order valence-corrected chi connectivity index (χ4v) is 7.36. The van der Waals surface area contributed by atoms with Crippen LogP contribution in [0.1, 0.15) is 83.6 Å². The van der Waals surface area contributed by atoms with E-state index in [0.717, 1.165) is 42.2 Å². The Balaban J connectivity index is 1.93. The maximum Gasteiger partial charge on any atom is 0.357 e. The number of aromatic nitrogens is 1. The van der Waals surface area contributed by atoms with Gasteiger partial charge in [0.1, 0.15) is 5.78 Å². The summed E-state index contributed by atoms with van der Waals surface area (Å²) in [6, 6.07) is 0. The van der Waals surface area contributed by atoms with Crippen molar-refractivity contribution in [1.29, 1.82) is 0 Å². The predicted molar refractivity (Wildman–Crippen MR) is 155 cm³/mol. The molecule has 0 amide bonds. The molecule has 1 aromatic rings. The lowest BCUT2D eigenvalue weighted by molar-refractivity contribution is -0.121. The van der Waals surface area contributed by atoms with Crippen LogP contribution >= 0.6 is 23.1 Å². The van der Waals surface area contributed by atoms with Crippen molar-refractivity contribution in [2.45, 2.75) is 102 Å². The quantitative estimate of drug-likeness (QED) is 0.101. The number of esters is 1. The second kappa shape index (κ2) is 14.1. The molecule has 0 bridgehead atoms. The van der Waals surface area contributed by atoms with Crippen LogP contribution in [0.3, 0.4) is 0 Å². The van der Waals surface area contributed by atoms with E-state index in [1.807, 2.05) is 0 Å². The SMILES string of the molecule is C=C(C)CCC(C/C=C/[C@H]1CCC(=O)[C@@H]1CCSc1nc(C(=O)OCC)cs1)O[Si](C)(C)C(C)(C)C. The van der Waals surface area contributed by atoms with Gasteiger partial charge in [0.2, 0.25) is 0 Å². The smallest absolute Gasteiger partial charge is 0.357 e. The average molecular weight is 552 g/mol. The van der Waals surface area contributed by atoms with Crippen LogP contribution in [-0.2, 0) is 14.0 Å². The fraction of sp³-hybridized carbons (Fsp3) is 0.679. The molecular formula is C28H45NO4S2Si. The number of rotatable bonds is 14. The molecule has 1 aromatic heterocycles. The number of allylic oxidation sites excluding steroid dienone is 2. The van der Waals surface area contributed by atoms with Gasteiger partial charge in [-0.1, -0.05) is 50.3 Å². The fourth-order valence-electron chi connectivity index (χ4n) is 4.07. The molecule has 202 valence electrons. The molecule has 8 heteroatoms. The van der Waals surface area contributed by atoms with Crippen molar-refractivity contribution in [3.8, 4) is 0 Å². The van der Waals surface area contributed by atoms with Gasteiger partial charge in [-0.25, -0.2) is 9.78 Å². The minimum Gasteiger partial charge on any atom is -0.461 e. The number of thiazole rings is 1. The first-order valence-electron chi connectivity index (χ1n) is 13.1. The number of ketones is 1. The van der Waals surface area contributed by atoms with Gasteiger partial charge in [-0.05, 0) is 70.0 Å². The van der Waals surface area contributed by atoms with Gasteiger partial charge in [-0.2, -0.15) is 0 Å². The van der Waals surface area contributed by atoms with Crippen molar-refractivity contribution in [3.05, 3.63) is 35.4 Å². The van der Waals surface area contributed by atoms with Gasteiger partial charge in [-0.3, -0.25) is 4.79 Å². The zero-order valence-electron chi connectivity index (χ0n) is 23.2. The van der Waals surface area contributed by atoms with Crippen molar-refractivity contribution in [1.82, 2.24) is 4.98 Å². The number of Topliss-reactive ketones (excluding diaryl/α,β-unsaturated/α-hetero) is 1. The molecule has 36 heavy (non-hydrogen) atoms. The summed E-state index contributed by atoms with van der Waals surface area (Å²) in [7, 11) is -1.86. The van der Waals surface area contributed by atoms with Crippen molar-refractivity contribution in [2.24, 2.45) is 11.8 Å². The number of carbonyl (C=O) groups excluding carboxylic acids is 2. The molecule has 0 saturated heterocycles. The summed E-state index contributed by atoms with van der Waals surface area (Å²) in [4.78, 5) is 28.8. The maximum absolute atomic E-state index is 12.6. The Morgan fingerprint density at radius 2 is 2.11 bits per heavy atom. The third-order valence-corrected chi connectivity index (χ3v) is 13.8. The van der Waals surface area contributed by atoms with Crippen molar-refractivity contribution in [2.75, 3.05) is 12.4 Å². The molecule has 2 rings (SSSR count). The number of carbonyl (C=O) groups is 2. The summed E-state index contributed by atoms with van der Waals surface area (Å²) in [5.74, 6) is 1.16. The molecule has 1 aliphatic carbocycles. The second-order valence-corrected chi connectivity index (χ2v) is 18.2. The minimum absolute atomic E-state index is 0.0634. The summed E-state index contributed by atoms with van der Waals surface area (Å²) in [5.41, 5.74) is 1.56. The molecule has 1 aliphatic rings. The van der Waals surface area contributed by atoms with E-state index in [1.54, 1.807) is 24.1 Å². The first kappa shape index (κ1) is 31.0. The highest BCUT2D eigenvalue weighted by atomic mass is 32.2. The molecule has 0 aliphatic heterocycles. The van der Waals surface area contributed by atoms with Gasteiger partial charge in [0, 0.05) is 29.6 Å². The average Bonchev–Trinajstić information content (AvgIpc) is 3.38. The van der Waals surface area contributed by atoms with E-state index in [9.17, 15) is 9.59 Å². The van der Waals surface area contributed by atoms with Gasteiger partial charge in [0.25, 0.3) is 0 Å². The molecule has 1 unspecified atom stereocenters. The van der Waals surface area contributed by atoms with Crippen LogP contribution in [0.5, 0.6) is 0 Å². The summed E-state index contributed by atoms with van der Waals surface area (Å²) in [6.45, 7) is 19.7. The summed E-state index contributed by atoms with van der Waals surface area (Å²) < 4.78 is 12.6. The van der Waals surface area contributed by atoms with Crippen molar-refractivity contribution in [3.63, 3.8) is 0 Å². The van der Waals surface area contributed by atoms with Gasteiger partial charge in [0.15, 0.2) is 18.4 Å². The topological polar surface area (TPSA) is 65.5 Å². The van der Waals surface area contributed by atoms with Crippen LogP contribution in [0.4, 0.5) is 0 Å². The first-order chi connectivity index (χ1) is 16.8. The highest BCUT2D eigenvalue weighted by Gasteiger charge is 2.39. The van der Waals surface area contributed by atoms with E-state index in [4.69, 9.17) is 9.16 Å². The third kappa shape index (κ3) is 9.58. The highest BCUT2D eigenvalue weighted by Crippen LogP contribution is 2.39. The standard InChI is InChI=1S/C28H45NO4S2Si/c1-9-32-26(31)24-19-35-27(29-24)34-18-17-23-21(14-16-25(23)30)11-10-12-22(15-13-20(2)3)33-36(7,8)28(4,5)6/h10-11,19,21-23H,2,9,12-18H2,1,3-8H3/b11-10+/t21-,22?,23+/m0/s1. The molecular weight excluding hydrogens is 507 g/mol. The molecule has 0 spiro atoms. The summed E-state index contributed by atoms with van der Waals surface area (Å²) >= 11 is 3.07. The van der Waals surface area contributed by atoms with Crippen LogP contribution in [0.15, 0.2) is 34.0 Å². The number of thioether (sulfide) groups is 1. The molecule has 1 heterocycles. The third-order valence-electron chi connectivity index (χ3n) is 7.22. The Hall–Kier alpha value is -1.22. The lowest BCUT2D eigenvalue weighted by atomic mass is 9.92. The number of nitrogens with zero attached hydrogens (tertiary/aromatic N) is 1. The highest BCUT2D eigenvalue weighted by molar-refractivity contribution is 8.01. The molecule has 5 nitrogen and oxygen atoms in total. The maximum atomic E-state index is 12.6. The Labute approximate surface area is 227 Å².